The molecule has 5 heteroatoms. The third-order valence-electron chi connectivity index (χ3n) is 2.61. The molecule has 2 aromatic rings. The van der Waals surface area contributed by atoms with E-state index >= 15 is 0 Å². The van der Waals surface area contributed by atoms with E-state index in [2.05, 4.69) is 15.9 Å². The van der Waals surface area contributed by atoms with Crippen molar-refractivity contribution < 1.29 is 13.5 Å². The monoisotopic (exact) mass is 327 g/mol. The molecule has 0 saturated heterocycles. The number of nitrogens with two attached hydrogens (primary N) is 1. The topological polar surface area (TPSA) is 35.2 Å². The van der Waals surface area contributed by atoms with E-state index in [4.69, 9.17) is 10.5 Å². The second kappa shape index (κ2) is 5.67. The number of hydrogen-bond donors (Lipinski definition) is 1. The van der Waals surface area contributed by atoms with Crippen LogP contribution in [-0.4, -0.2) is 0 Å². The van der Waals surface area contributed by atoms with Crippen LogP contribution in [0.1, 0.15) is 18.5 Å². The van der Waals surface area contributed by atoms with Crippen LogP contribution in [0.5, 0.6) is 11.5 Å². The molecule has 2 N–H and O–H groups in total. The van der Waals surface area contributed by atoms with Gasteiger partial charge in [-0.15, -0.1) is 0 Å². The average Bonchev–Trinajstić information content (AvgIpc) is 2.34. The summed E-state index contributed by atoms with van der Waals surface area (Å²) in [5.41, 5.74) is 6.69. The highest BCUT2D eigenvalue weighted by Gasteiger charge is 2.11. The molecule has 0 aliphatic heterocycles. The van der Waals surface area contributed by atoms with E-state index in [1.165, 1.54) is 12.1 Å². The van der Waals surface area contributed by atoms with Gasteiger partial charge in [0.1, 0.15) is 5.75 Å². The van der Waals surface area contributed by atoms with Gasteiger partial charge in [-0.1, -0.05) is 28.1 Å². The van der Waals surface area contributed by atoms with Crippen LogP contribution in [0.4, 0.5) is 8.78 Å². The number of benzene rings is 2. The van der Waals surface area contributed by atoms with Crippen LogP contribution in [0, 0.1) is 11.6 Å². The standard InChI is InChI=1S/C14H12BrF2NO/c1-8(18)10-6-5-9(7-11(10)15)19-13-4-2-3-12(16)14(13)17/h2-8H,18H2,1H3. The van der Waals surface area contributed by atoms with Crippen molar-refractivity contribution in [2.75, 3.05) is 0 Å². The highest BCUT2D eigenvalue weighted by molar-refractivity contribution is 9.10. The summed E-state index contributed by atoms with van der Waals surface area (Å²) in [5.74, 6) is -1.69. The summed E-state index contributed by atoms with van der Waals surface area (Å²) in [6.45, 7) is 1.85. The van der Waals surface area contributed by atoms with E-state index < -0.39 is 11.6 Å². The van der Waals surface area contributed by atoms with E-state index in [1.807, 2.05) is 6.92 Å². The van der Waals surface area contributed by atoms with Gasteiger partial charge in [-0.2, -0.15) is 4.39 Å². The van der Waals surface area contributed by atoms with Crippen molar-refractivity contribution in [3.8, 4) is 11.5 Å². The fourth-order valence-electron chi connectivity index (χ4n) is 1.63. The van der Waals surface area contributed by atoms with Gasteiger partial charge in [0.15, 0.2) is 11.6 Å². The van der Waals surface area contributed by atoms with Crippen molar-refractivity contribution in [2.45, 2.75) is 13.0 Å². The minimum atomic E-state index is -1.00. The van der Waals surface area contributed by atoms with Gasteiger partial charge in [-0.05, 0) is 36.8 Å². The van der Waals surface area contributed by atoms with Gasteiger partial charge in [0.25, 0.3) is 0 Å². The predicted molar refractivity (Wildman–Crippen MR) is 73.2 cm³/mol. The third kappa shape index (κ3) is 3.11. The van der Waals surface area contributed by atoms with Crippen molar-refractivity contribution >= 4 is 15.9 Å². The molecule has 100 valence electrons. The Morgan fingerprint density at radius 2 is 1.95 bits per heavy atom. The normalized spacial score (nSPS) is 12.3. The first kappa shape index (κ1) is 14.0. The molecule has 19 heavy (non-hydrogen) atoms. The summed E-state index contributed by atoms with van der Waals surface area (Å²) in [5, 5.41) is 0. The van der Waals surface area contributed by atoms with E-state index in [9.17, 15) is 8.78 Å². The van der Waals surface area contributed by atoms with Crippen LogP contribution in [0.2, 0.25) is 0 Å². The van der Waals surface area contributed by atoms with E-state index in [0.717, 1.165) is 16.1 Å². The van der Waals surface area contributed by atoms with Crippen molar-refractivity contribution in [1.29, 1.82) is 0 Å². The Morgan fingerprint density at radius 1 is 1.21 bits per heavy atom. The Hall–Kier alpha value is -1.46. The smallest absolute Gasteiger partial charge is 0.201 e. The van der Waals surface area contributed by atoms with Gasteiger partial charge >= 0.3 is 0 Å². The van der Waals surface area contributed by atoms with Gasteiger partial charge in [0, 0.05) is 10.5 Å². The van der Waals surface area contributed by atoms with E-state index in [1.54, 1.807) is 18.2 Å². The zero-order valence-electron chi connectivity index (χ0n) is 10.2. The van der Waals surface area contributed by atoms with Crippen molar-refractivity contribution in [1.82, 2.24) is 0 Å². The molecule has 0 fully saturated rings. The molecular formula is C14H12BrF2NO. The number of halogens is 3. The minimum Gasteiger partial charge on any atom is -0.454 e. The molecule has 1 atom stereocenters. The summed E-state index contributed by atoms with van der Waals surface area (Å²) in [4.78, 5) is 0. The Balaban J connectivity index is 2.29. The van der Waals surface area contributed by atoms with Crippen LogP contribution in [0.25, 0.3) is 0 Å². The molecule has 1 unspecified atom stereocenters. The lowest BCUT2D eigenvalue weighted by Crippen LogP contribution is -2.05. The van der Waals surface area contributed by atoms with Crippen LogP contribution >= 0.6 is 15.9 Å². The van der Waals surface area contributed by atoms with Gasteiger partial charge in [0.05, 0.1) is 0 Å². The van der Waals surface area contributed by atoms with Crippen LogP contribution in [0.15, 0.2) is 40.9 Å². The quantitative estimate of drug-likeness (QED) is 0.898. The maximum absolute atomic E-state index is 13.5. The molecule has 0 aliphatic rings. The van der Waals surface area contributed by atoms with Crippen molar-refractivity contribution in [3.63, 3.8) is 0 Å². The minimum absolute atomic E-state index is 0.130. The van der Waals surface area contributed by atoms with Gasteiger partial charge in [0.2, 0.25) is 5.82 Å². The summed E-state index contributed by atoms with van der Waals surface area (Å²) in [6.07, 6.45) is 0. The zero-order valence-corrected chi connectivity index (χ0v) is 11.7. The molecule has 0 radical (unpaired) electrons. The zero-order chi connectivity index (χ0) is 14.0. The lowest BCUT2D eigenvalue weighted by atomic mass is 10.1. The van der Waals surface area contributed by atoms with Crippen molar-refractivity contribution in [2.24, 2.45) is 5.73 Å². The second-order valence-corrected chi connectivity index (χ2v) is 4.98. The lowest BCUT2D eigenvalue weighted by molar-refractivity contribution is 0.416. The van der Waals surface area contributed by atoms with Gasteiger partial charge < -0.3 is 10.5 Å². The fourth-order valence-corrected chi connectivity index (χ4v) is 2.35. The molecule has 0 saturated carbocycles. The highest BCUT2D eigenvalue weighted by atomic mass is 79.9. The molecule has 0 aliphatic carbocycles. The van der Waals surface area contributed by atoms with E-state index in [-0.39, 0.29) is 11.8 Å². The van der Waals surface area contributed by atoms with Gasteiger partial charge in [-0.3, -0.25) is 0 Å². The summed E-state index contributed by atoms with van der Waals surface area (Å²) in [6, 6.07) is 8.77. The first-order valence-electron chi connectivity index (χ1n) is 5.66. The first-order valence-corrected chi connectivity index (χ1v) is 6.45. The number of hydrogen-bond acceptors (Lipinski definition) is 2. The lowest BCUT2D eigenvalue weighted by Gasteiger charge is -2.11. The van der Waals surface area contributed by atoms with Crippen molar-refractivity contribution in [3.05, 3.63) is 58.1 Å². The molecule has 2 nitrogen and oxygen atoms in total. The maximum atomic E-state index is 13.5. The molecular weight excluding hydrogens is 316 g/mol. The largest absolute Gasteiger partial charge is 0.454 e. The molecule has 0 spiro atoms. The Labute approximate surface area is 118 Å². The molecule has 0 heterocycles. The van der Waals surface area contributed by atoms with Crippen LogP contribution < -0.4 is 10.5 Å². The molecule has 0 bridgehead atoms. The summed E-state index contributed by atoms with van der Waals surface area (Å²) >= 11 is 3.37. The maximum Gasteiger partial charge on any atom is 0.201 e. The average molecular weight is 328 g/mol. The summed E-state index contributed by atoms with van der Waals surface area (Å²) < 4.78 is 32.6. The molecule has 2 rings (SSSR count). The van der Waals surface area contributed by atoms with E-state index in [0.29, 0.717) is 5.75 Å². The molecule has 0 amide bonds. The van der Waals surface area contributed by atoms with Gasteiger partial charge in [-0.25, -0.2) is 4.39 Å². The first-order chi connectivity index (χ1) is 8.99. The van der Waals surface area contributed by atoms with Crippen LogP contribution in [0.3, 0.4) is 0 Å². The molecule has 2 aromatic carbocycles. The molecule has 0 aromatic heterocycles. The Kier molecular flexibility index (Phi) is 4.17. The Morgan fingerprint density at radius 3 is 2.58 bits per heavy atom. The number of rotatable bonds is 3. The highest BCUT2D eigenvalue weighted by Crippen LogP contribution is 2.31. The number of ether oxygens (including phenoxy) is 1. The SMILES string of the molecule is CC(N)c1ccc(Oc2cccc(F)c2F)cc1Br. The van der Waals surface area contributed by atoms with Crippen LogP contribution in [-0.2, 0) is 0 Å². The summed E-state index contributed by atoms with van der Waals surface area (Å²) in [7, 11) is 0. The third-order valence-corrected chi connectivity index (χ3v) is 3.29. The Bertz CT molecular complexity index is 602. The predicted octanol–water partition coefficient (Wildman–Crippen LogP) is 4.54. The fraction of sp³-hybridized carbons (Fsp3) is 0.143. The second-order valence-electron chi connectivity index (χ2n) is 4.13.